The molecule has 0 saturated carbocycles. The molecule has 0 fully saturated rings. The molecule has 7 heteroatoms. The van der Waals surface area contributed by atoms with Gasteiger partial charge in [0.15, 0.2) is 11.5 Å². The van der Waals surface area contributed by atoms with Gasteiger partial charge in [-0.15, -0.1) is 12.4 Å². The third-order valence-corrected chi connectivity index (χ3v) is 3.20. The zero-order valence-corrected chi connectivity index (χ0v) is 14.2. The molecule has 2 rings (SSSR count). The highest BCUT2D eigenvalue weighted by molar-refractivity contribution is 5.93. The van der Waals surface area contributed by atoms with Crippen molar-refractivity contribution in [2.24, 2.45) is 0 Å². The SMILES string of the molecule is CCOC(=O)CCNc1ccnc2cc(OC)c(OC)cc12.Cl. The Hall–Kier alpha value is -2.21. The van der Waals surface area contributed by atoms with Crippen molar-refractivity contribution >= 4 is 35.0 Å². The lowest BCUT2D eigenvalue weighted by molar-refractivity contribution is -0.142. The van der Waals surface area contributed by atoms with Crippen molar-refractivity contribution in [2.45, 2.75) is 13.3 Å². The molecule has 0 atom stereocenters. The smallest absolute Gasteiger partial charge is 0.307 e. The molecular weight excluding hydrogens is 320 g/mol. The molecule has 2 aromatic rings. The minimum atomic E-state index is -0.215. The van der Waals surface area contributed by atoms with Gasteiger partial charge in [-0.3, -0.25) is 9.78 Å². The highest BCUT2D eigenvalue weighted by Crippen LogP contribution is 2.34. The van der Waals surface area contributed by atoms with E-state index in [1.54, 1.807) is 27.3 Å². The first-order chi connectivity index (χ1) is 10.7. The lowest BCUT2D eigenvalue weighted by Gasteiger charge is -2.12. The van der Waals surface area contributed by atoms with Crippen molar-refractivity contribution in [3.63, 3.8) is 0 Å². The molecule has 126 valence electrons. The van der Waals surface area contributed by atoms with Crippen molar-refractivity contribution in [3.05, 3.63) is 24.4 Å². The average molecular weight is 341 g/mol. The fraction of sp³-hybridized carbons (Fsp3) is 0.375. The summed E-state index contributed by atoms with van der Waals surface area (Å²) in [6.45, 7) is 2.68. The van der Waals surface area contributed by atoms with Crippen molar-refractivity contribution < 1.29 is 19.0 Å². The quantitative estimate of drug-likeness (QED) is 0.781. The van der Waals surface area contributed by atoms with Crippen LogP contribution in [0.4, 0.5) is 5.69 Å². The van der Waals surface area contributed by atoms with Crippen LogP contribution >= 0.6 is 12.4 Å². The van der Waals surface area contributed by atoms with Crippen LogP contribution in [-0.4, -0.2) is 38.3 Å². The third kappa shape index (κ3) is 4.63. The van der Waals surface area contributed by atoms with E-state index in [2.05, 4.69) is 10.3 Å². The van der Waals surface area contributed by atoms with E-state index in [1.165, 1.54) is 0 Å². The summed E-state index contributed by atoms with van der Waals surface area (Å²) in [6.07, 6.45) is 2.02. The zero-order valence-electron chi connectivity index (χ0n) is 13.4. The molecule has 1 heterocycles. The highest BCUT2D eigenvalue weighted by Gasteiger charge is 2.10. The fourth-order valence-electron chi connectivity index (χ4n) is 2.16. The molecule has 0 amide bonds. The predicted octanol–water partition coefficient (Wildman–Crippen LogP) is 3.04. The molecule has 0 saturated heterocycles. The monoisotopic (exact) mass is 340 g/mol. The minimum absolute atomic E-state index is 0. The Morgan fingerprint density at radius 3 is 2.57 bits per heavy atom. The van der Waals surface area contributed by atoms with Crippen molar-refractivity contribution in [2.75, 3.05) is 32.7 Å². The van der Waals surface area contributed by atoms with Crippen LogP contribution in [0, 0.1) is 0 Å². The van der Waals surface area contributed by atoms with Gasteiger partial charge in [-0.2, -0.15) is 0 Å². The Balaban J connectivity index is 0.00000264. The largest absolute Gasteiger partial charge is 0.493 e. The first-order valence-corrected chi connectivity index (χ1v) is 7.09. The molecule has 23 heavy (non-hydrogen) atoms. The van der Waals surface area contributed by atoms with Crippen molar-refractivity contribution in [3.8, 4) is 11.5 Å². The maximum Gasteiger partial charge on any atom is 0.307 e. The zero-order chi connectivity index (χ0) is 15.9. The number of nitrogens with zero attached hydrogens (tertiary/aromatic N) is 1. The van der Waals surface area contributed by atoms with Gasteiger partial charge in [0.1, 0.15) is 0 Å². The molecule has 0 spiro atoms. The first kappa shape index (κ1) is 18.8. The average Bonchev–Trinajstić information content (AvgIpc) is 2.54. The molecule has 1 N–H and O–H groups in total. The molecule has 0 bridgehead atoms. The second-order valence-corrected chi connectivity index (χ2v) is 4.56. The number of pyridine rings is 1. The number of fused-ring (bicyclic) bond motifs is 1. The summed E-state index contributed by atoms with van der Waals surface area (Å²) >= 11 is 0. The summed E-state index contributed by atoms with van der Waals surface area (Å²) in [7, 11) is 3.18. The summed E-state index contributed by atoms with van der Waals surface area (Å²) in [4.78, 5) is 15.7. The van der Waals surface area contributed by atoms with Crippen molar-refractivity contribution in [1.82, 2.24) is 4.98 Å². The molecule has 0 aliphatic rings. The number of hydrogen-bond acceptors (Lipinski definition) is 6. The lowest BCUT2D eigenvalue weighted by Crippen LogP contribution is -2.11. The van der Waals surface area contributed by atoms with Gasteiger partial charge in [0.05, 0.1) is 32.8 Å². The van der Waals surface area contributed by atoms with Gasteiger partial charge in [0, 0.05) is 29.9 Å². The summed E-state index contributed by atoms with van der Waals surface area (Å²) in [6, 6.07) is 5.55. The number of benzene rings is 1. The van der Waals surface area contributed by atoms with E-state index < -0.39 is 0 Å². The summed E-state index contributed by atoms with van der Waals surface area (Å²) < 4.78 is 15.5. The number of methoxy groups -OCH3 is 2. The second kappa shape index (κ2) is 9.05. The number of carbonyl (C=O) groups excluding carboxylic acids is 1. The van der Waals surface area contributed by atoms with Gasteiger partial charge in [0.2, 0.25) is 0 Å². The summed E-state index contributed by atoms with van der Waals surface area (Å²) in [5.41, 5.74) is 1.68. The Labute approximate surface area is 141 Å². The maximum absolute atomic E-state index is 11.4. The number of halogens is 1. The molecule has 0 aliphatic carbocycles. The Bertz CT molecular complexity index is 664. The van der Waals surface area contributed by atoms with Crippen LogP contribution in [0.25, 0.3) is 10.9 Å². The van der Waals surface area contributed by atoms with E-state index in [0.717, 1.165) is 16.6 Å². The topological polar surface area (TPSA) is 69.7 Å². The number of hydrogen-bond donors (Lipinski definition) is 1. The van der Waals surface area contributed by atoms with Gasteiger partial charge in [-0.05, 0) is 19.1 Å². The Morgan fingerprint density at radius 1 is 1.22 bits per heavy atom. The van der Waals surface area contributed by atoms with Gasteiger partial charge < -0.3 is 19.5 Å². The molecule has 0 radical (unpaired) electrons. The van der Waals surface area contributed by atoms with E-state index in [0.29, 0.717) is 31.1 Å². The Morgan fingerprint density at radius 2 is 1.91 bits per heavy atom. The third-order valence-electron chi connectivity index (χ3n) is 3.20. The highest BCUT2D eigenvalue weighted by atomic mass is 35.5. The first-order valence-electron chi connectivity index (χ1n) is 7.09. The molecule has 0 aliphatic heterocycles. The number of esters is 1. The van der Waals surface area contributed by atoms with E-state index in [9.17, 15) is 4.79 Å². The van der Waals surface area contributed by atoms with Gasteiger partial charge >= 0.3 is 5.97 Å². The van der Waals surface area contributed by atoms with Gasteiger partial charge in [-0.25, -0.2) is 0 Å². The van der Waals surface area contributed by atoms with Crippen LogP contribution in [0.15, 0.2) is 24.4 Å². The van der Waals surface area contributed by atoms with E-state index in [-0.39, 0.29) is 18.4 Å². The number of anilines is 1. The number of carbonyl (C=O) groups is 1. The Kier molecular flexibility index (Phi) is 7.41. The number of ether oxygens (including phenoxy) is 3. The van der Waals surface area contributed by atoms with Crippen LogP contribution in [-0.2, 0) is 9.53 Å². The molecule has 6 nitrogen and oxygen atoms in total. The normalized spacial score (nSPS) is 9.87. The van der Waals surface area contributed by atoms with Crippen molar-refractivity contribution in [1.29, 1.82) is 0 Å². The van der Waals surface area contributed by atoms with Crippen LogP contribution < -0.4 is 14.8 Å². The second-order valence-electron chi connectivity index (χ2n) is 4.56. The molecule has 1 aromatic carbocycles. The summed E-state index contributed by atoms with van der Waals surface area (Å²) in [5.74, 6) is 1.05. The number of rotatable bonds is 7. The van der Waals surface area contributed by atoms with Gasteiger partial charge in [-0.1, -0.05) is 0 Å². The molecule has 0 unspecified atom stereocenters. The molecule has 1 aromatic heterocycles. The van der Waals surface area contributed by atoms with E-state index in [4.69, 9.17) is 14.2 Å². The number of aromatic nitrogens is 1. The van der Waals surface area contributed by atoms with E-state index >= 15 is 0 Å². The summed E-state index contributed by atoms with van der Waals surface area (Å²) in [5, 5.41) is 4.14. The number of nitrogens with one attached hydrogen (secondary N) is 1. The molecular formula is C16H21ClN2O4. The van der Waals surface area contributed by atoms with E-state index in [1.807, 2.05) is 18.2 Å². The lowest BCUT2D eigenvalue weighted by atomic mass is 10.1. The fourth-order valence-corrected chi connectivity index (χ4v) is 2.16. The maximum atomic E-state index is 11.4. The van der Waals surface area contributed by atoms with Gasteiger partial charge in [0.25, 0.3) is 0 Å². The standard InChI is InChI=1S/C16H20N2O4.ClH/c1-4-22-16(19)6-8-17-12-5-7-18-13-10-15(21-3)14(20-2)9-11(12)13;/h5,7,9-10H,4,6,8H2,1-3H3,(H,17,18);1H. The van der Waals surface area contributed by atoms with Crippen LogP contribution in [0.1, 0.15) is 13.3 Å². The minimum Gasteiger partial charge on any atom is -0.493 e. The van der Waals surface area contributed by atoms with Crippen LogP contribution in [0.2, 0.25) is 0 Å². The van der Waals surface area contributed by atoms with Crippen LogP contribution in [0.3, 0.4) is 0 Å². The predicted molar refractivity (Wildman–Crippen MR) is 91.8 cm³/mol. The van der Waals surface area contributed by atoms with Crippen LogP contribution in [0.5, 0.6) is 11.5 Å².